The van der Waals surface area contributed by atoms with Crippen molar-refractivity contribution in [2.75, 3.05) is 31.6 Å². The van der Waals surface area contributed by atoms with Gasteiger partial charge in [-0.05, 0) is 36.6 Å². The van der Waals surface area contributed by atoms with Crippen LogP contribution in [0.15, 0.2) is 48.5 Å². The normalized spacial score (nSPS) is 23.7. The molecule has 1 N–H and O–H groups in total. The van der Waals surface area contributed by atoms with Gasteiger partial charge in [-0.15, -0.1) is 0 Å². The Balaban J connectivity index is 1.22. The van der Waals surface area contributed by atoms with Crippen molar-refractivity contribution in [1.29, 1.82) is 0 Å². The van der Waals surface area contributed by atoms with Crippen molar-refractivity contribution in [3.63, 3.8) is 0 Å². The molecule has 6 nitrogen and oxygen atoms in total. The first-order chi connectivity index (χ1) is 15.1. The number of ether oxygens (including phenoxy) is 2. The first-order valence-corrected chi connectivity index (χ1v) is 11.7. The highest BCUT2D eigenvalue weighted by Gasteiger charge is 2.50. The van der Waals surface area contributed by atoms with E-state index < -0.39 is 0 Å². The van der Waals surface area contributed by atoms with E-state index in [1.165, 1.54) is 11.3 Å². The fourth-order valence-electron chi connectivity index (χ4n) is 4.45. The van der Waals surface area contributed by atoms with Gasteiger partial charge < -0.3 is 14.8 Å². The molecular weight excluding hydrogens is 434 g/mol. The minimum absolute atomic E-state index is 0.0485. The van der Waals surface area contributed by atoms with Crippen LogP contribution in [0.5, 0.6) is 0 Å². The zero-order chi connectivity index (χ0) is 21.3. The van der Waals surface area contributed by atoms with Crippen LogP contribution in [0.2, 0.25) is 5.02 Å². The smallest absolute Gasteiger partial charge is 0.240 e. The molecule has 0 saturated carbocycles. The number of aromatic nitrogens is 1. The molecule has 2 aliphatic heterocycles. The molecule has 2 aliphatic rings. The molecule has 0 aliphatic carbocycles. The number of carbonyl (C=O) groups excluding carboxylic acids is 1. The lowest BCUT2D eigenvalue weighted by Crippen LogP contribution is -2.42. The second-order valence-electron chi connectivity index (χ2n) is 8.15. The standard InChI is InChI=1S/C23H24ClN3O3S/c24-17-7-8-18-19(11-17)31-22(25-18)26-21(28)13-27-12-20(23(15-27)9-4-10-30-23)29-14-16-5-2-1-3-6-16/h1-3,5-8,11,20H,4,9-10,12-15H2,(H,25,26,28)/t20-,23-/m0/s1. The Bertz CT molecular complexity index is 1070. The molecule has 0 radical (unpaired) electrons. The van der Waals surface area contributed by atoms with Crippen LogP contribution in [0.3, 0.4) is 0 Å². The number of likely N-dealkylation sites (tertiary alicyclic amines) is 1. The summed E-state index contributed by atoms with van der Waals surface area (Å²) in [5.74, 6) is -0.0815. The summed E-state index contributed by atoms with van der Waals surface area (Å²) in [4.78, 5) is 19.3. The molecular formula is C23H24ClN3O3S. The van der Waals surface area contributed by atoms with Crippen molar-refractivity contribution < 1.29 is 14.3 Å². The van der Waals surface area contributed by atoms with Crippen LogP contribution >= 0.6 is 22.9 Å². The van der Waals surface area contributed by atoms with Crippen LogP contribution in [0.4, 0.5) is 5.13 Å². The van der Waals surface area contributed by atoms with Crippen LogP contribution < -0.4 is 5.32 Å². The topological polar surface area (TPSA) is 63.7 Å². The molecule has 0 unspecified atom stereocenters. The molecule has 1 spiro atoms. The zero-order valence-corrected chi connectivity index (χ0v) is 18.6. The molecule has 31 heavy (non-hydrogen) atoms. The van der Waals surface area contributed by atoms with E-state index in [-0.39, 0.29) is 24.2 Å². The highest BCUT2D eigenvalue weighted by atomic mass is 35.5. The minimum atomic E-state index is -0.318. The molecule has 1 amide bonds. The molecule has 162 valence electrons. The average Bonchev–Trinajstić information content (AvgIpc) is 3.46. The van der Waals surface area contributed by atoms with Gasteiger partial charge in [0, 0.05) is 24.7 Å². The average molecular weight is 458 g/mol. The van der Waals surface area contributed by atoms with Gasteiger partial charge in [-0.25, -0.2) is 4.98 Å². The summed E-state index contributed by atoms with van der Waals surface area (Å²) in [6.45, 7) is 2.96. The Kier molecular flexibility index (Phi) is 5.95. The number of rotatable bonds is 6. The number of anilines is 1. The van der Waals surface area contributed by atoms with Crippen LogP contribution in [-0.2, 0) is 20.9 Å². The summed E-state index contributed by atoms with van der Waals surface area (Å²) in [6.07, 6.45) is 1.94. The number of carbonyl (C=O) groups is 1. The fourth-order valence-corrected chi connectivity index (χ4v) is 5.61. The highest BCUT2D eigenvalue weighted by molar-refractivity contribution is 7.22. The van der Waals surface area contributed by atoms with E-state index in [2.05, 4.69) is 27.3 Å². The molecule has 3 heterocycles. The number of nitrogens with one attached hydrogen (secondary N) is 1. The molecule has 5 rings (SSSR count). The van der Waals surface area contributed by atoms with Gasteiger partial charge in [0.05, 0.1) is 23.4 Å². The van der Waals surface area contributed by atoms with Crippen LogP contribution in [-0.4, -0.2) is 53.7 Å². The lowest BCUT2D eigenvalue weighted by Gasteiger charge is -2.29. The van der Waals surface area contributed by atoms with Crippen molar-refractivity contribution in [3.05, 3.63) is 59.1 Å². The highest BCUT2D eigenvalue weighted by Crippen LogP contribution is 2.37. The van der Waals surface area contributed by atoms with E-state index in [9.17, 15) is 4.79 Å². The molecule has 8 heteroatoms. The Morgan fingerprint density at radius 3 is 3.00 bits per heavy atom. The third kappa shape index (κ3) is 4.61. The Morgan fingerprint density at radius 2 is 2.19 bits per heavy atom. The maximum atomic E-state index is 12.7. The number of fused-ring (bicyclic) bond motifs is 1. The first-order valence-electron chi connectivity index (χ1n) is 10.5. The summed E-state index contributed by atoms with van der Waals surface area (Å²) < 4.78 is 13.4. The van der Waals surface area contributed by atoms with Crippen molar-refractivity contribution in [2.45, 2.75) is 31.2 Å². The zero-order valence-electron chi connectivity index (χ0n) is 17.1. The Labute approximate surface area is 190 Å². The maximum absolute atomic E-state index is 12.7. The van der Waals surface area contributed by atoms with E-state index in [1.807, 2.05) is 30.3 Å². The summed E-state index contributed by atoms with van der Waals surface area (Å²) in [5.41, 5.74) is 1.66. The van der Waals surface area contributed by atoms with E-state index in [1.54, 1.807) is 6.07 Å². The van der Waals surface area contributed by atoms with Gasteiger partial charge in [0.1, 0.15) is 11.7 Å². The SMILES string of the molecule is O=C(CN1C[C@H](OCc2ccccc2)[C@]2(CCCO2)C1)Nc1nc2ccc(Cl)cc2s1. The second-order valence-corrected chi connectivity index (χ2v) is 9.62. The van der Waals surface area contributed by atoms with Crippen molar-refractivity contribution >= 4 is 44.2 Å². The minimum Gasteiger partial charge on any atom is -0.371 e. The Hall–Kier alpha value is -2.03. The van der Waals surface area contributed by atoms with Gasteiger partial charge in [0.25, 0.3) is 0 Å². The van der Waals surface area contributed by atoms with Crippen LogP contribution in [0.25, 0.3) is 10.2 Å². The largest absolute Gasteiger partial charge is 0.371 e. The molecule has 2 fully saturated rings. The van der Waals surface area contributed by atoms with Crippen LogP contribution in [0.1, 0.15) is 18.4 Å². The van der Waals surface area contributed by atoms with E-state index in [0.29, 0.717) is 29.9 Å². The molecule has 2 atom stereocenters. The molecule has 2 saturated heterocycles. The maximum Gasteiger partial charge on any atom is 0.240 e. The van der Waals surface area contributed by atoms with Crippen LogP contribution in [0, 0.1) is 0 Å². The molecule has 3 aromatic rings. The molecule has 2 aromatic carbocycles. The lowest BCUT2D eigenvalue weighted by atomic mass is 9.96. The third-order valence-electron chi connectivity index (χ3n) is 5.89. The predicted octanol–water partition coefficient (Wildman–Crippen LogP) is 4.34. The number of nitrogens with zero attached hydrogens (tertiary/aromatic N) is 2. The van der Waals surface area contributed by atoms with Crippen molar-refractivity contribution in [3.8, 4) is 0 Å². The lowest BCUT2D eigenvalue weighted by molar-refractivity contribution is -0.117. The number of halogens is 1. The van der Waals surface area contributed by atoms with Gasteiger partial charge in [-0.2, -0.15) is 0 Å². The summed E-state index contributed by atoms with van der Waals surface area (Å²) in [7, 11) is 0. The van der Waals surface area contributed by atoms with E-state index in [4.69, 9.17) is 21.1 Å². The number of thiazole rings is 1. The molecule has 1 aromatic heterocycles. The molecule has 0 bridgehead atoms. The fraction of sp³-hybridized carbons (Fsp3) is 0.391. The van der Waals surface area contributed by atoms with E-state index in [0.717, 1.165) is 35.2 Å². The predicted molar refractivity (Wildman–Crippen MR) is 123 cm³/mol. The number of hydrogen-bond acceptors (Lipinski definition) is 6. The summed E-state index contributed by atoms with van der Waals surface area (Å²) >= 11 is 7.47. The summed E-state index contributed by atoms with van der Waals surface area (Å²) in [6, 6.07) is 15.7. The third-order valence-corrected chi connectivity index (χ3v) is 7.06. The summed E-state index contributed by atoms with van der Waals surface area (Å²) in [5, 5.41) is 4.18. The number of hydrogen-bond donors (Lipinski definition) is 1. The van der Waals surface area contributed by atoms with Gasteiger partial charge >= 0.3 is 0 Å². The first kappa shape index (κ1) is 20.8. The van der Waals surface area contributed by atoms with E-state index >= 15 is 0 Å². The van der Waals surface area contributed by atoms with Gasteiger partial charge in [0.15, 0.2) is 5.13 Å². The number of benzene rings is 2. The van der Waals surface area contributed by atoms with Gasteiger partial charge in [-0.3, -0.25) is 9.69 Å². The quantitative estimate of drug-likeness (QED) is 0.596. The van der Waals surface area contributed by atoms with Gasteiger partial charge in [-0.1, -0.05) is 53.3 Å². The monoisotopic (exact) mass is 457 g/mol. The van der Waals surface area contributed by atoms with Gasteiger partial charge in [0.2, 0.25) is 5.91 Å². The number of amides is 1. The van der Waals surface area contributed by atoms with Crippen molar-refractivity contribution in [1.82, 2.24) is 9.88 Å². The second kappa shape index (κ2) is 8.84. The van der Waals surface area contributed by atoms with Crippen molar-refractivity contribution in [2.24, 2.45) is 0 Å². The Morgan fingerprint density at radius 1 is 1.32 bits per heavy atom.